The minimum absolute atomic E-state index is 0.165. The van der Waals surface area contributed by atoms with E-state index in [1.807, 2.05) is 6.92 Å². The van der Waals surface area contributed by atoms with Crippen LogP contribution in [0.15, 0.2) is 40.6 Å². The van der Waals surface area contributed by atoms with E-state index < -0.39 is 17.7 Å². The summed E-state index contributed by atoms with van der Waals surface area (Å²) in [6.07, 6.45) is 0. The smallest absolute Gasteiger partial charge is 0.276 e. The molecule has 0 aliphatic heterocycles. The van der Waals surface area contributed by atoms with Gasteiger partial charge in [0.1, 0.15) is 17.2 Å². The Kier molecular flexibility index (Phi) is 9.74. The molecule has 0 N–H and O–H groups in total. The molecule has 0 spiro atoms. The van der Waals surface area contributed by atoms with Gasteiger partial charge in [-0.1, -0.05) is 11.6 Å². The molecule has 0 radical (unpaired) electrons. The number of Topliss-reactive ketones (excluding diaryl/α,β-unsaturated/α-hetero) is 1. The predicted octanol–water partition coefficient (Wildman–Crippen LogP) is 5.38. The number of carbonyl (C=O) groups is 2. The first-order valence-corrected chi connectivity index (χ1v) is 10.7. The highest BCUT2D eigenvalue weighted by Gasteiger charge is 2.31. The van der Waals surface area contributed by atoms with Gasteiger partial charge in [-0.2, -0.15) is 5.11 Å². The highest BCUT2D eigenvalue weighted by atomic mass is 35.5. The molecule has 0 aromatic heterocycles. The average molecular weight is 498 g/mol. The lowest BCUT2D eigenvalue weighted by atomic mass is 10.2. The first kappa shape index (κ1) is 26.2. The van der Waals surface area contributed by atoms with Gasteiger partial charge in [0.15, 0.2) is 23.0 Å². The van der Waals surface area contributed by atoms with Crippen LogP contribution < -0.4 is 23.4 Å². The zero-order valence-electron chi connectivity index (χ0n) is 18.9. The fraction of sp³-hybridized carbons (Fsp3) is 0.364. The quantitative estimate of drug-likeness (QED) is 0.234. The fourth-order valence-electron chi connectivity index (χ4n) is 2.79. The summed E-state index contributed by atoms with van der Waals surface area (Å²) in [6.45, 7) is 5.58. The normalized spacial score (nSPS) is 11.7. The van der Waals surface area contributed by atoms with Crippen LogP contribution in [0.4, 0.5) is 11.4 Å². The molecule has 0 bridgehead atoms. The van der Waals surface area contributed by atoms with Gasteiger partial charge in [0.05, 0.1) is 27.4 Å². The number of ketones is 1. The van der Waals surface area contributed by atoms with Gasteiger partial charge in [0.2, 0.25) is 6.04 Å². The average Bonchev–Trinajstić information content (AvgIpc) is 2.79. The maximum absolute atomic E-state index is 13.1. The SMILES string of the molecule is CCOc1ccc(OCC)c(N(Cl)C(=O)C(N=Nc2c(OC)cc(Cl)cc2OC)C(C)=O)c1. The van der Waals surface area contributed by atoms with Crippen molar-refractivity contribution in [3.63, 3.8) is 0 Å². The van der Waals surface area contributed by atoms with Gasteiger partial charge < -0.3 is 18.9 Å². The molecule has 2 aromatic rings. The first-order valence-electron chi connectivity index (χ1n) is 9.99. The van der Waals surface area contributed by atoms with Crippen molar-refractivity contribution < 1.29 is 28.5 Å². The van der Waals surface area contributed by atoms with Crippen molar-refractivity contribution in [1.82, 2.24) is 0 Å². The van der Waals surface area contributed by atoms with Crippen molar-refractivity contribution in [1.29, 1.82) is 0 Å². The minimum atomic E-state index is -1.53. The van der Waals surface area contributed by atoms with Gasteiger partial charge in [-0.25, -0.2) is 4.42 Å². The van der Waals surface area contributed by atoms with Gasteiger partial charge in [-0.15, -0.1) is 5.11 Å². The molecule has 1 unspecified atom stereocenters. The van der Waals surface area contributed by atoms with Crippen LogP contribution in [-0.2, 0) is 9.59 Å². The van der Waals surface area contributed by atoms with E-state index >= 15 is 0 Å². The number of anilines is 1. The number of methoxy groups -OCH3 is 2. The number of benzene rings is 2. The van der Waals surface area contributed by atoms with Gasteiger partial charge in [0.25, 0.3) is 5.91 Å². The molecular formula is C22H25Cl2N3O6. The second kappa shape index (κ2) is 12.3. The monoisotopic (exact) mass is 497 g/mol. The van der Waals surface area contributed by atoms with Crippen LogP contribution in [0.1, 0.15) is 20.8 Å². The number of halogens is 2. The minimum Gasteiger partial charge on any atom is -0.494 e. The van der Waals surface area contributed by atoms with E-state index in [0.717, 1.165) is 4.42 Å². The Bertz CT molecular complexity index is 1010. The molecule has 2 rings (SSSR count). The third-order valence-corrected chi connectivity index (χ3v) is 4.85. The van der Waals surface area contributed by atoms with Crippen LogP contribution in [-0.4, -0.2) is 45.2 Å². The number of hydrogen-bond acceptors (Lipinski definition) is 8. The lowest BCUT2D eigenvalue weighted by molar-refractivity contribution is -0.126. The van der Waals surface area contributed by atoms with Crippen LogP contribution in [0.25, 0.3) is 0 Å². The number of rotatable bonds is 11. The number of amides is 1. The van der Waals surface area contributed by atoms with Crippen molar-refractivity contribution >= 4 is 46.4 Å². The van der Waals surface area contributed by atoms with Crippen molar-refractivity contribution in [2.75, 3.05) is 31.9 Å². The lowest BCUT2D eigenvalue weighted by Crippen LogP contribution is -2.36. The van der Waals surface area contributed by atoms with E-state index in [4.69, 9.17) is 42.3 Å². The Morgan fingerprint density at radius 2 is 1.61 bits per heavy atom. The highest BCUT2D eigenvalue weighted by molar-refractivity contribution is 6.39. The van der Waals surface area contributed by atoms with E-state index in [1.54, 1.807) is 25.1 Å². The van der Waals surface area contributed by atoms with E-state index in [9.17, 15) is 9.59 Å². The molecule has 1 atom stereocenters. The molecule has 11 heteroatoms. The fourth-order valence-corrected chi connectivity index (χ4v) is 3.21. The zero-order valence-corrected chi connectivity index (χ0v) is 20.4. The van der Waals surface area contributed by atoms with Crippen molar-refractivity contribution in [2.24, 2.45) is 10.2 Å². The zero-order chi connectivity index (χ0) is 24.5. The van der Waals surface area contributed by atoms with E-state index in [-0.39, 0.29) is 22.9 Å². The van der Waals surface area contributed by atoms with Gasteiger partial charge in [-0.05, 0) is 32.9 Å². The highest BCUT2D eigenvalue weighted by Crippen LogP contribution is 2.41. The Hall–Kier alpha value is -3.04. The number of ether oxygens (including phenoxy) is 4. The van der Waals surface area contributed by atoms with Crippen LogP contribution >= 0.6 is 23.4 Å². The molecular weight excluding hydrogens is 473 g/mol. The van der Waals surface area contributed by atoms with E-state index in [2.05, 4.69) is 10.2 Å². The topological polar surface area (TPSA) is 99.0 Å². The standard InChI is InChI=1S/C22H25Cl2N3O6/c1-6-32-15-8-9-17(33-7-2)16(12-15)27(24)22(29)20(13(3)28)25-26-21-18(30-4)10-14(23)11-19(21)31-5/h8-12,20H,6-7H2,1-5H3. The predicted molar refractivity (Wildman–Crippen MR) is 126 cm³/mol. The summed E-state index contributed by atoms with van der Waals surface area (Å²) in [5.41, 5.74) is 0.371. The maximum Gasteiger partial charge on any atom is 0.276 e. The van der Waals surface area contributed by atoms with Crippen LogP contribution in [0.5, 0.6) is 23.0 Å². The number of carbonyl (C=O) groups excluding carboxylic acids is 2. The third-order valence-electron chi connectivity index (χ3n) is 4.28. The second-order valence-electron chi connectivity index (χ2n) is 6.50. The number of azo groups is 1. The molecule has 0 heterocycles. The number of nitrogens with zero attached hydrogens (tertiary/aromatic N) is 3. The molecule has 0 aliphatic carbocycles. The maximum atomic E-state index is 13.1. The molecule has 178 valence electrons. The molecule has 0 saturated carbocycles. The Morgan fingerprint density at radius 3 is 2.12 bits per heavy atom. The van der Waals surface area contributed by atoms with Gasteiger partial charge in [-0.3, -0.25) is 9.59 Å². The largest absolute Gasteiger partial charge is 0.494 e. The third kappa shape index (κ3) is 6.49. The molecule has 0 saturated heterocycles. The molecule has 33 heavy (non-hydrogen) atoms. The molecule has 9 nitrogen and oxygen atoms in total. The van der Waals surface area contributed by atoms with E-state index in [0.29, 0.717) is 29.7 Å². The van der Waals surface area contributed by atoms with Crippen LogP contribution in [0, 0.1) is 0 Å². The lowest BCUT2D eigenvalue weighted by Gasteiger charge is -2.20. The summed E-state index contributed by atoms with van der Waals surface area (Å²) in [4.78, 5) is 25.4. The molecule has 0 aliphatic rings. The summed E-state index contributed by atoms with van der Waals surface area (Å²) in [5.74, 6) is -0.0717. The van der Waals surface area contributed by atoms with Crippen LogP contribution in [0.3, 0.4) is 0 Å². The molecule has 0 fully saturated rings. The molecule has 2 aromatic carbocycles. The van der Waals surface area contributed by atoms with Crippen LogP contribution in [0.2, 0.25) is 5.02 Å². The Morgan fingerprint density at radius 1 is 1.00 bits per heavy atom. The summed E-state index contributed by atoms with van der Waals surface area (Å²) < 4.78 is 22.3. The number of hydrogen-bond donors (Lipinski definition) is 0. The Labute approximate surface area is 202 Å². The first-order chi connectivity index (χ1) is 15.8. The van der Waals surface area contributed by atoms with Crippen molar-refractivity contribution in [3.8, 4) is 23.0 Å². The molecule has 1 amide bonds. The Balaban J connectivity index is 2.44. The summed E-state index contributed by atoms with van der Waals surface area (Å²) >= 11 is 12.4. The van der Waals surface area contributed by atoms with Gasteiger partial charge in [0, 0.05) is 35.0 Å². The van der Waals surface area contributed by atoms with Gasteiger partial charge >= 0.3 is 0 Å². The van der Waals surface area contributed by atoms with Crippen molar-refractivity contribution in [3.05, 3.63) is 35.4 Å². The van der Waals surface area contributed by atoms with E-state index in [1.165, 1.54) is 33.3 Å². The summed E-state index contributed by atoms with van der Waals surface area (Å²) in [6, 6.07) is 6.33. The summed E-state index contributed by atoms with van der Waals surface area (Å²) in [7, 11) is 2.83. The summed E-state index contributed by atoms with van der Waals surface area (Å²) in [5, 5.41) is 8.35. The van der Waals surface area contributed by atoms with Crippen molar-refractivity contribution in [2.45, 2.75) is 26.8 Å². The second-order valence-corrected chi connectivity index (χ2v) is 7.28.